The number of hydrogen-bond acceptors (Lipinski definition) is 5. The summed E-state index contributed by atoms with van der Waals surface area (Å²) in [6, 6.07) is 0.235. The Labute approximate surface area is 158 Å². The van der Waals surface area contributed by atoms with Crippen molar-refractivity contribution in [3.05, 3.63) is 29.1 Å². The average molecular weight is 422 g/mol. The fraction of sp³-hybridized carbons (Fsp3) is 0.438. The molecule has 1 aromatic carbocycles. The molecule has 4 rings (SSSR count). The van der Waals surface area contributed by atoms with Crippen LogP contribution in [0.4, 0.5) is 36.7 Å². The lowest BCUT2D eigenvalue weighted by molar-refractivity contribution is -0.290. The summed E-state index contributed by atoms with van der Waals surface area (Å²) in [4.78, 5) is 9.71. The zero-order valence-electron chi connectivity index (χ0n) is 14.8. The second-order valence-corrected chi connectivity index (χ2v) is 6.56. The zero-order chi connectivity index (χ0) is 21.1. The van der Waals surface area contributed by atoms with Gasteiger partial charge in [0.05, 0.1) is 5.56 Å². The van der Waals surface area contributed by atoms with Gasteiger partial charge < -0.3 is 10.2 Å². The number of piperazine rings is 1. The minimum absolute atomic E-state index is 0.0863. The lowest BCUT2D eigenvalue weighted by atomic mass is 10.0. The molecular formula is C16H13F7N6. The molecule has 1 aliphatic rings. The maximum Gasteiger partial charge on any atom is 0.458 e. The first-order chi connectivity index (χ1) is 13.5. The summed E-state index contributed by atoms with van der Waals surface area (Å²) in [6.07, 6.45) is -6.11. The van der Waals surface area contributed by atoms with Crippen LogP contribution in [0.15, 0.2) is 6.07 Å². The van der Waals surface area contributed by atoms with Gasteiger partial charge in [-0.2, -0.15) is 26.5 Å². The van der Waals surface area contributed by atoms with Crippen LogP contribution in [-0.2, 0) is 5.92 Å². The number of alkyl halides is 5. The summed E-state index contributed by atoms with van der Waals surface area (Å²) in [6.45, 7) is 3.50. The smallest absolute Gasteiger partial charge is 0.338 e. The highest BCUT2D eigenvalue weighted by Crippen LogP contribution is 2.46. The van der Waals surface area contributed by atoms with Gasteiger partial charge in [0.25, 0.3) is 0 Å². The van der Waals surface area contributed by atoms with Gasteiger partial charge in [0.1, 0.15) is 11.3 Å². The van der Waals surface area contributed by atoms with Crippen LogP contribution in [0, 0.1) is 18.6 Å². The number of anilines is 1. The van der Waals surface area contributed by atoms with Crippen molar-refractivity contribution in [1.29, 1.82) is 0 Å². The van der Waals surface area contributed by atoms with Gasteiger partial charge in [0, 0.05) is 31.6 Å². The van der Waals surface area contributed by atoms with Crippen LogP contribution in [0.25, 0.3) is 16.6 Å². The van der Waals surface area contributed by atoms with Crippen LogP contribution in [0.5, 0.6) is 0 Å². The Morgan fingerprint density at radius 1 is 1.00 bits per heavy atom. The van der Waals surface area contributed by atoms with E-state index in [4.69, 9.17) is 0 Å². The van der Waals surface area contributed by atoms with E-state index in [1.165, 1.54) is 6.92 Å². The molecule has 1 fully saturated rings. The van der Waals surface area contributed by atoms with Crippen molar-refractivity contribution in [3.63, 3.8) is 0 Å². The standard InChI is InChI=1S/C16H13F7N6/c1-7-25-13-8-6-9(15(19,20)16(21,22)23)10(17)11(18)12(8)26-14(29(13)27-7)28-4-2-24-3-5-28/h6,24H,2-5H2,1H3. The van der Waals surface area contributed by atoms with Crippen molar-refractivity contribution in [2.45, 2.75) is 19.0 Å². The number of halogens is 7. The zero-order valence-corrected chi connectivity index (χ0v) is 14.8. The van der Waals surface area contributed by atoms with Gasteiger partial charge in [-0.15, -0.1) is 5.10 Å². The van der Waals surface area contributed by atoms with Crippen molar-refractivity contribution in [2.75, 3.05) is 31.1 Å². The minimum atomic E-state index is -6.11. The van der Waals surface area contributed by atoms with Crippen LogP contribution in [0.1, 0.15) is 11.4 Å². The van der Waals surface area contributed by atoms with Crippen molar-refractivity contribution in [1.82, 2.24) is 24.9 Å². The average Bonchev–Trinajstić information content (AvgIpc) is 3.05. The molecule has 3 heterocycles. The van der Waals surface area contributed by atoms with E-state index in [0.29, 0.717) is 26.2 Å². The number of benzene rings is 1. The summed E-state index contributed by atoms with van der Waals surface area (Å²) in [5.41, 5.74) is -3.02. The quantitative estimate of drug-likeness (QED) is 0.644. The Kier molecular flexibility index (Phi) is 4.33. The maximum absolute atomic E-state index is 14.6. The lowest BCUT2D eigenvalue weighted by Crippen LogP contribution is -2.44. The topological polar surface area (TPSA) is 58.4 Å². The number of hydrogen-bond donors (Lipinski definition) is 1. The molecular weight excluding hydrogens is 409 g/mol. The van der Waals surface area contributed by atoms with E-state index in [1.807, 2.05) is 0 Å². The molecule has 0 atom stereocenters. The molecule has 6 nitrogen and oxygen atoms in total. The van der Waals surface area contributed by atoms with Crippen molar-refractivity contribution < 1.29 is 30.7 Å². The third-order valence-corrected chi connectivity index (χ3v) is 4.63. The van der Waals surface area contributed by atoms with Gasteiger partial charge in [-0.3, -0.25) is 0 Å². The normalized spacial score (nSPS) is 16.2. The number of nitrogens with zero attached hydrogens (tertiary/aromatic N) is 5. The van der Waals surface area contributed by atoms with Crippen LogP contribution in [0.3, 0.4) is 0 Å². The number of aryl methyl sites for hydroxylation is 1. The molecule has 29 heavy (non-hydrogen) atoms. The Morgan fingerprint density at radius 2 is 1.66 bits per heavy atom. The highest BCUT2D eigenvalue weighted by molar-refractivity contribution is 5.93. The van der Waals surface area contributed by atoms with Crippen LogP contribution >= 0.6 is 0 Å². The highest BCUT2D eigenvalue weighted by Gasteiger charge is 2.60. The predicted molar refractivity (Wildman–Crippen MR) is 88.0 cm³/mol. The Morgan fingerprint density at radius 3 is 2.28 bits per heavy atom. The van der Waals surface area contributed by atoms with Gasteiger partial charge in [0.15, 0.2) is 17.3 Å². The number of rotatable bonds is 2. The summed E-state index contributed by atoms with van der Waals surface area (Å²) in [5.74, 6) is -9.57. The molecule has 156 valence electrons. The summed E-state index contributed by atoms with van der Waals surface area (Å²) < 4.78 is 95.9. The molecule has 1 saturated heterocycles. The SMILES string of the molecule is Cc1nc2c3cc(C(F)(F)C(F)(F)F)c(F)c(F)c3nc(N3CCNCC3)n2n1. The third kappa shape index (κ3) is 2.94. The van der Waals surface area contributed by atoms with E-state index in [2.05, 4.69) is 20.4 Å². The fourth-order valence-electron chi connectivity index (χ4n) is 3.22. The van der Waals surface area contributed by atoms with E-state index in [9.17, 15) is 30.7 Å². The van der Waals surface area contributed by atoms with Gasteiger partial charge in [0.2, 0.25) is 5.95 Å². The summed E-state index contributed by atoms with van der Waals surface area (Å²) >= 11 is 0. The molecule has 0 bridgehead atoms. The molecule has 0 unspecified atom stereocenters. The number of nitrogens with one attached hydrogen (secondary N) is 1. The van der Waals surface area contributed by atoms with Crippen LogP contribution < -0.4 is 10.2 Å². The molecule has 1 N–H and O–H groups in total. The minimum Gasteiger partial charge on any atom is -0.338 e. The maximum atomic E-state index is 14.6. The summed E-state index contributed by atoms with van der Waals surface area (Å²) in [7, 11) is 0. The molecule has 0 saturated carbocycles. The van der Waals surface area contributed by atoms with Gasteiger partial charge in [-0.1, -0.05) is 0 Å². The molecule has 13 heteroatoms. The van der Waals surface area contributed by atoms with E-state index < -0.39 is 40.2 Å². The van der Waals surface area contributed by atoms with Crippen molar-refractivity contribution in [2.24, 2.45) is 0 Å². The molecule has 1 aliphatic heterocycles. The summed E-state index contributed by atoms with van der Waals surface area (Å²) in [5, 5.41) is 6.68. The first-order valence-corrected chi connectivity index (χ1v) is 8.48. The van der Waals surface area contributed by atoms with Gasteiger partial charge in [-0.25, -0.2) is 18.7 Å². The van der Waals surface area contributed by atoms with E-state index >= 15 is 0 Å². The van der Waals surface area contributed by atoms with Crippen molar-refractivity contribution >= 4 is 22.5 Å². The highest BCUT2D eigenvalue weighted by atomic mass is 19.4. The van der Waals surface area contributed by atoms with E-state index in [-0.39, 0.29) is 23.5 Å². The van der Waals surface area contributed by atoms with Gasteiger partial charge in [-0.05, 0) is 13.0 Å². The third-order valence-electron chi connectivity index (χ3n) is 4.63. The first kappa shape index (κ1) is 19.6. The Hall–Kier alpha value is -2.70. The monoisotopic (exact) mass is 422 g/mol. The van der Waals surface area contributed by atoms with Gasteiger partial charge >= 0.3 is 12.1 Å². The van der Waals surface area contributed by atoms with E-state index in [1.54, 1.807) is 4.90 Å². The molecule has 0 radical (unpaired) electrons. The predicted octanol–water partition coefficient (Wildman–Crippen LogP) is 2.93. The second kappa shape index (κ2) is 6.40. The lowest BCUT2D eigenvalue weighted by Gasteiger charge is -2.28. The largest absolute Gasteiger partial charge is 0.458 e. The van der Waals surface area contributed by atoms with Crippen LogP contribution in [0.2, 0.25) is 0 Å². The fourth-order valence-corrected chi connectivity index (χ4v) is 3.22. The molecule has 0 spiro atoms. The number of aromatic nitrogens is 4. The molecule has 2 aromatic heterocycles. The Balaban J connectivity index is 2.05. The second-order valence-electron chi connectivity index (χ2n) is 6.56. The Bertz CT molecular complexity index is 1100. The first-order valence-electron chi connectivity index (χ1n) is 8.48. The number of fused-ring (bicyclic) bond motifs is 3. The molecule has 3 aromatic rings. The molecule has 0 aliphatic carbocycles. The van der Waals surface area contributed by atoms with E-state index in [0.717, 1.165) is 4.52 Å². The van der Waals surface area contributed by atoms with Crippen molar-refractivity contribution in [3.8, 4) is 0 Å². The van der Waals surface area contributed by atoms with Crippen LogP contribution in [-0.4, -0.2) is 51.9 Å². The molecule has 0 amide bonds.